The molecule has 0 unspecified atom stereocenters. The van der Waals surface area contributed by atoms with E-state index in [4.69, 9.17) is 0 Å². The highest BCUT2D eigenvalue weighted by molar-refractivity contribution is 7.90. The Morgan fingerprint density at radius 2 is 1.35 bits per heavy atom. The first-order valence-corrected chi connectivity index (χ1v) is 8.06. The molecule has 0 bridgehead atoms. The van der Waals surface area contributed by atoms with Crippen molar-refractivity contribution in [2.24, 2.45) is 0 Å². The molecule has 3 heteroatoms. The van der Waals surface area contributed by atoms with Gasteiger partial charge in [0.2, 0.25) is 0 Å². The topological polar surface area (TPSA) is 34.1 Å². The summed E-state index contributed by atoms with van der Waals surface area (Å²) in [6.45, 7) is 0. The monoisotopic (exact) mass is 282 g/mol. The van der Waals surface area contributed by atoms with Gasteiger partial charge in [0.1, 0.15) is 0 Å². The van der Waals surface area contributed by atoms with Crippen molar-refractivity contribution < 1.29 is 8.42 Å². The maximum absolute atomic E-state index is 12.6. The third kappa shape index (κ3) is 2.45. The van der Waals surface area contributed by atoms with Gasteiger partial charge in [0, 0.05) is 5.39 Å². The van der Waals surface area contributed by atoms with Crippen molar-refractivity contribution in [1.29, 1.82) is 0 Å². The second-order valence-electron chi connectivity index (χ2n) is 4.72. The molecule has 0 saturated carbocycles. The van der Waals surface area contributed by atoms with Crippen LogP contribution < -0.4 is 0 Å². The first-order chi connectivity index (χ1) is 9.67. The van der Waals surface area contributed by atoms with E-state index in [1.807, 2.05) is 60.7 Å². The molecule has 0 fully saturated rings. The van der Waals surface area contributed by atoms with E-state index in [1.54, 1.807) is 12.1 Å². The molecule has 0 N–H and O–H groups in total. The van der Waals surface area contributed by atoms with Gasteiger partial charge in [-0.3, -0.25) is 0 Å². The Morgan fingerprint density at radius 1 is 0.700 bits per heavy atom. The van der Waals surface area contributed by atoms with E-state index in [1.165, 1.54) is 0 Å². The van der Waals surface area contributed by atoms with Crippen LogP contribution >= 0.6 is 0 Å². The summed E-state index contributed by atoms with van der Waals surface area (Å²) in [5, 5.41) is 1.73. The number of fused-ring (bicyclic) bond motifs is 1. The van der Waals surface area contributed by atoms with Crippen molar-refractivity contribution in [2.45, 2.75) is 10.6 Å². The average molecular weight is 282 g/mol. The van der Waals surface area contributed by atoms with Gasteiger partial charge in [0.25, 0.3) is 0 Å². The molecule has 0 aromatic heterocycles. The van der Waals surface area contributed by atoms with Crippen LogP contribution in [0.5, 0.6) is 0 Å². The molecule has 0 heterocycles. The molecule has 20 heavy (non-hydrogen) atoms. The van der Waals surface area contributed by atoms with E-state index in [9.17, 15) is 8.42 Å². The van der Waals surface area contributed by atoms with Crippen LogP contribution in [0.2, 0.25) is 0 Å². The van der Waals surface area contributed by atoms with Crippen LogP contribution in [0.15, 0.2) is 77.7 Å². The third-order valence-electron chi connectivity index (χ3n) is 3.28. The fraction of sp³-hybridized carbons (Fsp3) is 0.0588. The predicted octanol–water partition coefficient (Wildman–Crippen LogP) is 3.81. The van der Waals surface area contributed by atoms with Crippen molar-refractivity contribution in [3.05, 3.63) is 78.4 Å². The molecule has 0 saturated heterocycles. The number of benzene rings is 3. The standard InChI is InChI=1S/C17H14O2S/c18-20(19,13-14-7-2-1-3-8-14)17-12-6-10-15-9-4-5-11-16(15)17/h1-12H,13H2. The van der Waals surface area contributed by atoms with Gasteiger partial charge >= 0.3 is 0 Å². The molecule has 3 aromatic carbocycles. The van der Waals surface area contributed by atoms with Gasteiger partial charge < -0.3 is 0 Å². The normalized spacial score (nSPS) is 11.6. The number of sulfone groups is 1. The molecule has 0 spiro atoms. The highest BCUT2D eigenvalue weighted by Crippen LogP contribution is 2.25. The number of hydrogen-bond acceptors (Lipinski definition) is 2. The molecule has 0 aliphatic carbocycles. The van der Waals surface area contributed by atoms with E-state index in [0.29, 0.717) is 4.90 Å². The van der Waals surface area contributed by atoms with Crippen LogP contribution in [0, 0.1) is 0 Å². The van der Waals surface area contributed by atoms with Crippen molar-refractivity contribution in [2.75, 3.05) is 0 Å². The van der Waals surface area contributed by atoms with Crippen LogP contribution in [0.4, 0.5) is 0 Å². The largest absolute Gasteiger partial charge is 0.223 e. The van der Waals surface area contributed by atoms with E-state index < -0.39 is 9.84 Å². The summed E-state index contributed by atoms with van der Waals surface area (Å²) in [7, 11) is -3.34. The van der Waals surface area contributed by atoms with E-state index in [0.717, 1.165) is 16.3 Å². The van der Waals surface area contributed by atoms with Gasteiger partial charge in [-0.15, -0.1) is 0 Å². The van der Waals surface area contributed by atoms with Gasteiger partial charge in [0.15, 0.2) is 9.84 Å². The zero-order valence-electron chi connectivity index (χ0n) is 10.9. The predicted molar refractivity (Wildman–Crippen MR) is 81.3 cm³/mol. The number of rotatable bonds is 3. The maximum atomic E-state index is 12.6. The molecular weight excluding hydrogens is 268 g/mol. The van der Waals surface area contributed by atoms with Gasteiger partial charge in [-0.25, -0.2) is 8.42 Å². The Kier molecular flexibility index (Phi) is 3.28. The van der Waals surface area contributed by atoms with Crippen molar-refractivity contribution >= 4 is 20.6 Å². The highest BCUT2D eigenvalue weighted by Gasteiger charge is 2.17. The van der Waals surface area contributed by atoms with Crippen LogP contribution in [-0.2, 0) is 15.6 Å². The first-order valence-electron chi connectivity index (χ1n) is 6.41. The lowest BCUT2D eigenvalue weighted by molar-refractivity contribution is 0.596. The van der Waals surface area contributed by atoms with Crippen LogP contribution in [0.3, 0.4) is 0 Å². The van der Waals surface area contributed by atoms with Gasteiger partial charge in [-0.2, -0.15) is 0 Å². The Bertz CT molecular complexity index is 832. The highest BCUT2D eigenvalue weighted by atomic mass is 32.2. The molecule has 0 atom stereocenters. The van der Waals surface area contributed by atoms with Gasteiger partial charge in [0.05, 0.1) is 10.6 Å². The summed E-state index contributed by atoms with van der Waals surface area (Å²) in [6.07, 6.45) is 0. The summed E-state index contributed by atoms with van der Waals surface area (Å²) in [6, 6.07) is 22.2. The van der Waals surface area contributed by atoms with E-state index >= 15 is 0 Å². The van der Waals surface area contributed by atoms with E-state index in [2.05, 4.69) is 0 Å². The molecule has 0 radical (unpaired) electrons. The average Bonchev–Trinajstić information content (AvgIpc) is 2.47. The minimum atomic E-state index is -3.34. The Balaban J connectivity index is 2.10. The maximum Gasteiger partial charge on any atom is 0.183 e. The molecule has 3 rings (SSSR count). The summed E-state index contributed by atoms with van der Waals surface area (Å²) in [5.74, 6) is 0.0296. The zero-order chi connectivity index (χ0) is 14.0. The fourth-order valence-corrected chi connectivity index (χ4v) is 3.93. The zero-order valence-corrected chi connectivity index (χ0v) is 11.7. The lowest BCUT2D eigenvalue weighted by atomic mass is 10.1. The summed E-state index contributed by atoms with van der Waals surface area (Å²) in [5.41, 5.74) is 0.806. The molecular formula is C17H14O2S. The molecule has 2 nitrogen and oxygen atoms in total. The second-order valence-corrected chi connectivity index (χ2v) is 6.68. The molecule has 3 aromatic rings. The first kappa shape index (κ1) is 12.9. The summed E-state index contributed by atoms with van der Waals surface area (Å²) in [4.78, 5) is 0.402. The van der Waals surface area contributed by atoms with Crippen LogP contribution in [-0.4, -0.2) is 8.42 Å². The fourth-order valence-electron chi connectivity index (χ4n) is 2.34. The summed E-state index contributed by atoms with van der Waals surface area (Å²) >= 11 is 0. The number of hydrogen-bond donors (Lipinski definition) is 0. The molecule has 100 valence electrons. The van der Waals surface area contributed by atoms with E-state index in [-0.39, 0.29) is 5.75 Å². The smallest absolute Gasteiger partial charge is 0.183 e. The summed E-state index contributed by atoms with van der Waals surface area (Å²) < 4.78 is 25.2. The SMILES string of the molecule is O=S(=O)(Cc1ccccc1)c1cccc2ccccc12. The Hall–Kier alpha value is -2.13. The lowest BCUT2D eigenvalue weighted by Gasteiger charge is -2.08. The van der Waals surface area contributed by atoms with Crippen molar-refractivity contribution in [3.8, 4) is 0 Å². The van der Waals surface area contributed by atoms with Crippen LogP contribution in [0.25, 0.3) is 10.8 Å². The second kappa shape index (κ2) is 5.10. The Labute approximate surface area is 118 Å². The van der Waals surface area contributed by atoms with Gasteiger partial charge in [-0.1, -0.05) is 66.7 Å². The minimum Gasteiger partial charge on any atom is -0.223 e. The molecule has 0 amide bonds. The Morgan fingerprint density at radius 3 is 2.15 bits per heavy atom. The molecule has 0 aliphatic rings. The van der Waals surface area contributed by atoms with Crippen molar-refractivity contribution in [1.82, 2.24) is 0 Å². The third-order valence-corrected chi connectivity index (χ3v) is 5.02. The quantitative estimate of drug-likeness (QED) is 0.732. The van der Waals surface area contributed by atoms with Crippen molar-refractivity contribution in [3.63, 3.8) is 0 Å². The lowest BCUT2D eigenvalue weighted by Crippen LogP contribution is -2.05. The van der Waals surface area contributed by atoms with Crippen LogP contribution in [0.1, 0.15) is 5.56 Å². The minimum absolute atomic E-state index is 0.0296. The molecule has 0 aliphatic heterocycles. The van der Waals surface area contributed by atoms with Gasteiger partial charge in [-0.05, 0) is 17.0 Å².